The molecular formula is C22H29FO5. The molecule has 0 bridgehead atoms. The second kappa shape index (κ2) is 5.99. The van der Waals surface area contributed by atoms with Crippen LogP contribution in [0.2, 0.25) is 0 Å². The SMILES string of the molecule is C[C@@H]1C[C@H]2[C@@H]3CCC4=CC(=O)C=C[C@]4(C)[C@@]3(F)[C@@H](O)C[C@]2(C)[C@H]1C(O)C(=O)O. The molecule has 4 aliphatic rings. The lowest BCUT2D eigenvalue weighted by Gasteiger charge is -2.62. The number of carbonyl (C=O) groups excluding carboxylic acids is 1. The average Bonchev–Trinajstić information content (AvgIpc) is 2.86. The van der Waals surface area contributed by atoms with Gasteiger partial charge < -0.3 is 15.3 Å². The highest BCUT2D eigenvalue weighted by Crippen LogP contribution is 2.70. The highest BCUT2D eigenvalue weighted by molar-refractivity contribution is 6.01. The topological polar surface area (TPSA) is 94.8 Å². The van der Waals surface area contributed by atoms with Crippen LogP contribution in [0.25, 0.3) is 0 Å². The molecule has 5 nitrogen and oxygen atoms in total. The first kappa shape index (κ1) is 19.8. The summed E-state index contributed by atoms with van der Waals surface area (Å²) in [5, 5.41) is 30.9. The zero-order chi connectivity index (χ0) is 20.6. The van der Waals surface area contributed by atoms with E-state index in [0.717, 1.165) is 5.57 Å². The van der Waals surface area contributed by atoms with E-state index in [1.807, 2.05) is 13.8 Å². The number of hydrogen-bond donors (Lipinski definition) is 3. The Morgan fingerprint density at radius 1 is 1.32 bits per heavy atom. The largest absolute Gasteiger partial charge is 0.479 e. The number of aliphatic carboxylic acids is 1. The fraction of sp³-hybridized carbons (Fsp3) is 0.727. The van der Waals surface area contributed by atoms with E-state index in [-0.39, 0.29) is 24.0 Å². The zero-order valence-corrected chi connectivity index (χ0v) is 16.6. The van der Waals surface area contributed by atoms with Crippen molar-refractivity contribution in [3.63, 3.8) is 0 Å². The molecule has 0 radical (unpaired) electrons. The Morgan fingerprint density at radius 2 is 2.00 bits per heavy atom. The fourth-order valence-electron chi connectivity index (χ4n) is 7.44. The van der Waals surface area contributed by atoms with Crippen LogP contribution in [0.15, 0.2) is 23.8 Å². The molecule has 3 N–H and O–H groups in total. The molecule has 0 amide bonds. The van der Waals surface area contributed by atoms with Gasteiger partial charge in [-0.25, -0.2) is 9.18 Å². The minimum atomic E-state index is -1.92. The van der Waals surface area contributed by atoms with Gasteiger partial charge in [0.25, 0.3) is 0 Å². The van der Waals surface area contributed by atoms with Crippen LogP contribution in [-0.4, -0.2) is 44.9 Å². The van der Waals surface area contributed by atoms with Crippen molar-refractivity contribution in [2.24, 2.45) is 34.5 Å². The van der Waals surface area contributed by atoms with Crippen LogP contribution >= 0.6 is 0 Å². The number of ketones is 1. The monoisotopic (exact) mass is 392 g/mol. The summed E-state index contributed by atoms with van der Waals surface area (Å²) in [6.07, 6.45) is 3.53. The van der Waals surface area contributed by atoms with Crippen molar-refractivity contribution in [1.82, 2.24) is 0 Å². The van der Waals surface area contributed by atoms with E-state index < -0.39 is 46.5 Å². The molecule has 6 heteroatoms. The maximum Gasteiger partial charge on any atom is 0.332 e. The van der Waals surface area contributed by atoms with Crippen molar-refractivity contribution in [3.05, 3.63) is 23.8 Å². The van der Waals surface area contributed by atoms with Crippen molar-refractivity contribution in [1.29, 1.82) is 0 Å². The lowest BCUT2D eigenvalue weighted by molar-refractivity contribution is -0.202. The van der Waals surface area contributed by atoms with Gasteiger partial charge in [-0.3, -0.25) is 4.79 Å². The minimum absolute atomic E-state index is 0.0797. The first-order chi connectivity index (χ1) is 13.0. The lowest BCUT2D eigenvalue weighted by atomic mass is 9.45. The Kier molecular flexibility index (Phi) is 4.23. The molecule has 3 fully saturated rings. The lowest BCUT2D eigenvalue weighted by Crippen LogP contribution is -2.67. The van der Waals surface area contributed by atoms with Crippen LogP contribution in [0.1, 0.15) is 46.5 Å². The molecule has 0 aliphatic heterocycles. The van der Waals surface area contributed by atoms with Crippen LogP contribution in [0, 0.1) is 34.5 Å². The Morgan fingerprint density at radius 3 is 2.64 bits per heavy atom. The number of aliphatic hydroxyl groups is 2. The number of halogens is 1. The number of rotatable bonds is 2. The number of fused-ring (bicyclic) bond motifs is 5. The van der Waals surface area contributed by atoms with Crippen LogP contribution < -0.4 is 0 Å². The Bertz CT molecular complexity index is 790. The molecule has 0 saturated heterocycles. The third-order valence-electron chi connectivity index (χ3n) is 8.67. The van der Waals surface area contributed by atoms with Crippen LogP contribution in [0.4, 0.5) is 4.39 Å². The normalized spacial score (nSPS) is 51.0. The Labute approximate surface area is 164 Å². The molecule has 9 atom stereocenters. The first-order valence-electron chi connectivity index (χ1n) is 10.2. The maximum absolute atomic E-state index is 16.8. The number of aliphatic hydroxyl groups excluding tert-OH is 2. The number of alkyl halides is 1. The number of carboxylic acid groups (broad SMARTS) is 1. The number of carboxylic acids is 1. The molecule has 0 aromatic carbocycles. The molecule has 0 aromatic heterocycles. The molecule has 154 valence electrons. The van der Waals surface area contributed by atoms with E-state index in [9.17, 15) is 24.9 Å². The van der Waals surface area contributed by atoms with Gasteiger partial charge >= 0.3 is 5.97 Å². The van der Waals surface area contributed by atoms with Crippen LogP contribution in [0.5, 0.6) is 0 Å². The Balaban J connectivity index is 1.79. The number of allylic oxidation sites excluding steroid dienone is 4. The predicted molar refractivity (Wildman–Crippen MR) is 100 cm³/mol. The van der Waals surface area contributed by atoms with Gasteiger partial charge in [0.1, 0.15) is 0 Å². The molecule has 0 heterocycles. The second-order valence-corrected chi connectivity index (χ2v) is 9.87. The summed E-state index contributed by atoms with van der Waals surface area (Å²) in [6, 6.07) is 0. The van der Waals surface area contributed by atoms with E-state index in [0.29, 0.717) is 19.3 Å². The van der Waals surface area contributed by atoms with Crippen LogP contribution in [-0.2, 0) is 9.59 Å². The van der Waals surface area contributed by atoms with Crippen molar-refractivity contribution >= 4 is 11.8 Å². The minimum Gasteiger partial charge on any atom is -0.479 e. The van der Waals surface area contributed by atoms with Gasteiger partial charge in [0.15, 0.2) is 17.6 Å². The summed E-state index contributed by atoms with van der Waals surface area (Å²) in [5.41, 5.74) is -2.88. The molecule has 1 unspecified atom stereocenters. The van der Waals surface area contributed by atoms with Gasteiger partial charge in [0.05, 0.1) is 6.10 Å². The van der Waals surface area contributed by atoms with Crippen molar-refractivity contribution < 1.29 is 29.3 Å². The summed E-state index contributed by atoms with van der Waals surface area (Å²) in [7, 11) is 0. The van der Waals surface area contributed by atoms with Gasteiger partial charge in [0, 0.05) is 17.3 Å². The third kappa shape index (κ3) is 2.25. The van der Waals surface area contributed by atoms with Crippen molar-refractivity contribution in [3.8, 4) is 0 Å². The molecule has 0 spiro atoms. The fourth-order valence-corrected chi connectivity index (χ4v) is 7.44. The second-order valence-electron chi connectivity index (χ2n) is 9.87. The quantitative estimate of drug-likeness (QED) is 0.672. The summed E-state index contributed by atoms with van der Waals surface area (Å²) in [6.45, 7) is 5.60. The molecule has 0 aromatic rings. The standard InChI is InChI=1S/C22H29FO5/c1-11-8-15-14-5-4-12-9-13(24)6-7-21(12,3)22(14,23)16(25)10-20(15,2)17(11)18(26)19(27)28/h6-7,9,11,14-18,25-26H,4-5,8,10H2,1-3H3,(H,27,28)/t11-,14+,15+,16+,17-,18?,20+,21+,22+/m1/s1. The smallest absolute Gasteiger partial charge is 0.332 e. The highest BCUT2D eigenvalue weighted by Gasteiger charge is 2.71. The zero-order valence-electron chi connectivity index (χ0n) is 16.6. The van der Waals surface area contributed by atoms with E-state index in [1.165, 1.54) is 12.2 Å². The summed E-state index contributed by atoms with van der Waals surface area (Å²) in [4.78, 5) is 23.3. The third-order valence-corrected chi connectivity index (χ3v) is 8.67. The predicted octanol–water partition coefficient (Wildman–Crippen LogP) is 2.66. The van der Waals surface area contributed by atoms with Crippen molar-refractivity contribution in [2.45, 2.75) is 64.3 Å². The van der Waals surface area contributed by atoms with Crippen molar-refractivity contribution in [2.75, 3.05) is 0 Å². The van der Waals surface area contributed by atoms with E-state index >= 15 is 4.39 Å². The number of hydrogen-bond acceptors (Lipinski definition) is 4. The number of carbonyl (C=O) groups is 2. The summed E-state index contributed by atoms with van der Waals surface area (Å²) < 4.78 is 16.8. The molecule has 3 saturated carbocycles. The Hall–Kier alpha value is -1.53. The van der Waals surface area contributed by atoms with Gasteiger partial charge in [-0.2, -0.15) is 0 Å². The van der Waals surface area contributed by atoms with E-state index in [1.54, 1.807) is 13.0 Å². The van der Waals surface area contributed by atoms with Crippen LogP contribution in [0.3, 0.4) is 0 Å². The maximum atomic E-state index is 16.8. The van der Waals surface area contributed by atoms with Gasteiger partial charge in [-0.15, -0.1) is 0 Å². The average molecular weight is 392 g/mol. The van der Waals surface area contributed by atoms with E-state index in [4.69, 9.17) is 0 Å². The highest BCUT2D eigenvalue weighted by atomic mass is 19.1. The van der Waals surface area contributed by atoms with Gasteiger partial charge in [0.2, 0.25) is 0 Å². The summed E-state index contributed by atoms with van der Waals surface area (Å²) in [5.74, 6) is -2.59. The molecule has 4 aliphatic carbocycles. The molecule has 4 rings (SSSR count). The molecule has 28 heavy (non-hydrogen) atoms. The summed E-state index contributed by atoms with van der Waals surface area (Å²) >= 11 is 0. The van der Waals surface area contributed by atoms with E-state index in [2.05, 4.69) is 0 Å². The van der Waals surface area contributed by atoms with Gasteiger partial charge in [-0.05, 0) is 62.0 Å². The first-order valence-corrected chi connectivity index (χ1v) is 10.2. The van der Waals surface area contributed by atoms with Gasteiger partial charge in [-0.1, -0.05) is 25.5 Å². The molecular weight excluding hydrogens is 363 g/mol.